The summed E-state index contributed by atoms with van der Waals surface area (Å²) in [6.45, 7) is 9.01. The number of hydrogen-bond acceptors (Lipinski definition) is 2. The first-order valence-electron chi connectivity index (χ1n) is 9.41. The van der Waals surface area contributed by atoms with Crippen molar-refractivity contribution in [1.29, 1.82) is 0 Å². The molecule has 0 radical (unpaired) electrons. The second-order valence-electron chi connectivity index (χ2n) is 7.67. The Morgan fingerprint density at radius 1 is 1.21 bits per heavy atom. The molecule has 24 heavy (non-hydrogen) atoms. The van der Waals surface area contributed by atoms with Gasteiger partial charge in [0.2, 0.25) is 0 Å². The Morgan fingerprint density at radius 2 is 1.92 bits per heavy atom. The summed E-state index contributed by atoms with van der Waals surface area (Å²) in [6, 6.07) is 9.56. The second kappa shape index (κ2) is 8.02. The van der Waals surface area contributed by atoms with Crippen molar-refractivity contribution in [3.63, 3.8) is 0 Å². The van der Waals surface area contributed by atoms with E-state index in [1.807, 2.05) is 7.05 Å². The van der Waals surface area contributed by atoms with Crippen LogP contribution in [0.1, 0.15) is 44.2 Å². The molecule has 1 aliphatic heterocycles. The zero-order valence-corrected chi connectivity index (χ0v) is 15.4. The third-order valence-electron chi connectivity index (χ3n) is 5.39. The van der Waals surface area contributed by atoms with E-state index in [-0.39, 0.29) is 0 Å². The third kappa shape index (κ3) is 4.97. The van der Waals surface area contributed by atoms with E-state index in [1.165, 1.54) is 43.5 Å². The fourth-order valence-electron chi connectivity index (χ4n) is 3.40. The van der Waals surface area contributed by atoms with Crippen LogP contribution in [-0.4, -0.2) is 37.0 Å². The number of guanidine groups is 1. The van der Waals surface area contributed by atoms with Gasteiger partial charge in [0.15, 0.2) is 5.96 Å². The highest BCUT2D eigenvalue weighted by molar-refractivity contribution is 5.80. The lowest BCUT2D eigenvalue weighted by molar-refractivity contribution is 0.185. The molecule has 1 aliphatic carbocycles. The molecule has 4 heteroatoms. The Morgan fingerprint density at radius 3 is 2.58 bits per heavy atom. The summed E-state index contributed by atoms with van der Waals surface area (Å²) in [6.07, 6.45) is 3.93. The Hall–Kier alpha value is -1.55. The van der Waals surface area contributed by atoms with E-state index in [0.29, 0.717) is 6.04 Å². The summed E-state index contributed by atoms with van der Waals surface area (Å²) in [5.41, 5.74) is 2.74. The molecule has 132 valence electrons. The van der Waals surface area contributed by atoms with Gasteiger partial charge in [-0.05, 0) is 55.3 Å². The maximum absolute atomic E-state index is 4.33. The normalized spacial score (nSPS) is 25.5. The predicted octanol–water partition coefficient (Wildman–Crippen LogP) is 2.99. The van der Waals surface area contributed by atoms with Crippen LogP contribution in [0.5, 0.6) is 0 Å². The first-order valence-corrected chi connectivity index (χ1v) is 9.41. The van der Waals surface area contributed by atoms with Crippen LogP contribution in [0.2, 0.25) is 0 Å². The highest BCUT2D eigenvalue weighted by Crippen LogP contribution is 2.28. The van der Waals surface area contributed by atoms with Crippen LogP contribution in [0.3, 0.4) is 0 Å². The molecule has 2 unspecified atom stereocenters. The van der Waals surface area contributed by atoms with Gasteiger partial charge < -0.3 is 10.6 Å². The lowest BCUT2D eigenvalue weighted by Gasteiger charge is -2.30. The number of hydrogen-bond donors (Lipinski definition) is 2. The molecule has 2 aliphatic rings. The van der Waals surface area contributed by atoms with Gasteiger partial charge in [0.1, 0.15) is 0 Å². The van der Waals surface area contributed by atoms with Crippen molar-refractivity contribution in [2.45, 2.75) is 52.2 Å². The number of benzene rings is 1. The zero-order valence-electron chi connectivity index (χ0n) is 15.4. The van der Waals surface area contributed by atoms with Crippen LogP contribution in [0, 0.1) is 11.8 Å². The number of aliphatic imine (C=N–C) groups is 1. The minimum Gasteiger partial charge on any atom is -0.353 e. The molecular weight excluding hydrogens is 296 g/mol. The molecule has 1 heterocycles. The second-order valence-corrected chi connectivity index (χ2v) is 7.67. The van der Waals surface area contributed by atoms with Crippen LogP contribution in [0.25, 0.3) is 0 Å². The molecule has 0 bridgehead atoms. The third-order valence-corrected chi connectivity index (χ3v) is 5.39. The van der Waals surface area contributed by atoms with Gasteiger partial charge in [0.05, 0.1) is 0 Å². The van der Waals surface area contributed by atoms with E-state index in [0.717, 1.165) is 30.9 Å². The predicted molar refractivity (Wildman–Crippen MR) is 101 cm³/mol. The van der Waals surface area contributed by atoms with Gasteiger partial charge in [0.25, 0.3) is 0 Å². The van der Waals surface area contributed by atoms with Crippen molar-refractivity contribution in [2.24, 2.45) is 16.8 Å². The fraction of sp³-hybridized carbons (Fsp3) is 0.650. The van der Waals surface area contributed by atoms with Gasteiger partial charge in [-0.15, -0.1) is 0 Å². The molecule has 4 nitrogen and oxygen atoms in total. The zero-order chi connectivity index (χ0) is 16.9. The van der Waals surface area contributed by atoms with Crippen LogP contribution < -0.4 is 10.6 Å². The van der Waals surface area contributed by atoms with E-state index in [2.05, 4.69) is 58.6 Å². The highest BCUT2D eigenvalue weighted by Gasteiger charge is 2.33. The Bertz CT molecular complexity index is 561. The molecule has 1 saturated carbocycles. The standard InChI is InChI=1S/C20H32N4/c1-15-7-9-24(10-8-15)14-18-6-4-5-17(12-18)13-22-20(21-3)23-19-11-16(19)2/h4-6,12,15-16,19H,7-11,13-14H2,1-3H3,(H2,21,22,23). The maximum atomic E-state index is 4.33. The number of nitrogens with zero attached hydrogens (tertiary/aromatic N) is 2. The van der Waals surface area contributed by atoms with Crippen molar-refractivity contribution in [1.82, 2.24) is 15.5 Å². The van der Waals surface area contributed by atoms with Gasteiger partial charge in [-0.1, -0.05) is 38.1 Å². The van der Waals surface area contributed by atoms with Crippen LogP contribution in [0.15, 0.2) is 29.3 Å². The summed E-state index contributed by atoms with van der Waals surface area (Å²) in [5.74, 6) is 2.59. The van der Waals surface area contributed by atoms with Gasteiger partial charge in [-0.25, -0.2) is 0 Å². The summed E-state index contributed by atoms with van der Waals surface area (Å²) < 4.78 is 0. The van der Waals surface area contributed by atoms with E-state index in [4.69, 9.17) is 0 Å². The summed E-state index contributed by atoms with van der Waals surface area (Å²) in [4.78, 5) is 6.91. The van der Waals surface area contributed by atoms with Crippen molar-refractivity contribution >= 4 is 5.96 Å². The Kier molecular flexibility index (Phi) is 5.77. The number of rotatable bonds is 5. The largest absolute Gasteiger partial charge is 0.353 e. The van der Waals surface area contributed by atoms with Crippen molar-refractivity contribution < 1.29 is 0 Å². The maximum Gasteiger partial charge on any atom is 0.191 e. The molecule has 2 atom stereocenters. The van der Waals surface area contributed by atoms with Crippen molar-refractivity contribution in [3.05, 3.63) is 35.4 Å². The number of piperidine rings is 1. The minimum atomic E-state index is 0.601. The van der Waals surface area contributed by atoms with Gasteiger partial charge in [0, 0.05) is 26.2 Å². The number of nitrogens with one attached hydrogen (secondary N) is 2. The molecule has 3 rings (SSSR count). The molecule has 0 aromatic heterocycles. The lowest BCUT2D eigenvalue weighted by atomic mass is 9.98. The molecule has 1 aromatic rings. The first-order chi connectivity index (χ1) is 11.6. The topological polar surface area (TPSA) is 39.7 Å². The molecule has 0 spiro atoms. The van der Waals surface area contributed by atoms with Gasteiger partial charge >= 0.3 is 0 Å². The molecule has 1 aromatic carbocycles. The van der Waals surface area contributed by atoms with Crippen LogP contribution in [-0.2, 0) is 13.1 Å². The Balaban J connectivity index is 1.49. The quantitative estimate of drug-likeness (QED) is 0.645. The molecule has 2 N–H and O–H groups in total. The van der Waals surface area contributed by atoms with E-state index < -0.39 is 0 Å². The number of likely N-dealkylation sites (tertiary alicyclic amines) is 1. The monoisotopic (exact) mass is 328 g/mol. The average molecular weight is 329 g/mol. The van der Waals surface area contributed by atoms with Crippen LogP contribution in [0.4, 0.5) is 0 Å². The van der Waals surface area contributed by atoms with E-state index in [1.54, 1.807) is 0 Å². The molecule has 1 saturated heterocycles. The van der Waals surface area contributed by atoms with Crippen molar-refractivity contribution in [3.8, 4) is 0 Å². The van der Waals surface area contributed by atoms with Crippen molar-refractivity contribution in [2.75, 3.05) is 20.1 Å². The molecular formula is C20H32N4. The van der Waals surface area contributed by atoms with Gasteiger partial charge in [-0.3, -0.25) is 9.89 Å². The Labute approximate surface area is 146 Å². The summed E-state index contributed by atoms with van der Waals surface area (Å²) in [5, 5.41) is 6.92. The summed E-state index contributed by atoms with van der Waals surface area (Å²) in [7, 11) is 1.84. The SMILES string of the molecule is CN=C(NCc1cccc(CN2CCC(C)CC2)c1)NC1CC1C. The lowest BCUT2D eigenvalue weighted by Crippen LogP contribution is -2.38. The summed E-state index contributed by atoms with van der Waals surface area (Å²) >= 11 is 0. The molecule has 2 fully saturated rings. The van der Waals surface area contributed by atoms with E-state index in [9.17, 15) is 0 Å². The minimum absolute atomic E-state index is 0.601. The molecule has 0 amide bonds. The van der Waals surface area contributed by atoms with Gasteiger partial charge in [-0.2, -0.15) is 0 Å². The van der Waals surface area contributed by atoms with Crippen LogP contribution >= 0.6 is 0 Å². The smallest absolute Gasteiger partial charge is 0.191 e. The average Bonchev–Trinajstić information content (AvgIpc) is 3.29. The highest BCUT2D eigenvalue weighted by atomic mass is 15.2. The first kappa shape index (κ1) is 17.3. The van der Waals surface area contributed by atoms with E-state index >= 15 is 0 Å². The fourth-order valence-corrected chi connectivity index (χ4v) is 3.40.